The number of carbonyl (C=O) groups is 1. The number of methoxy groups -OCH3 is 1. The van der Waals surface area contributed by atoms with E-state index < -0.39 is 0 Å². The molecule has 0 spiro atoms. The third-order valence-corrected chi connectivity index (χ3v) is 5.18. The van der Waals surface area contributed by atoms with Gasteiger partial charge in [0.05, 0.1) is 25.1 Å². The van der Waals surface area contributed by atoms with Crippen molar-refractivity contribution in [1.82, 2.24) is 4.98 Å². The van der Waals surface area contributed by atoms with E-state index in [1.54, 1.807) is 19.5 Å². The highest BCUT2D eigenvalue weighted by Crippen LogP contribution is 2.29. The van der Waals surface area contributed by atoms with Gasteiger partial charge in [-0.25, -0.2) is 4.98 Å². The molecule has 1 saturated heterocycles. The number of aryl methyl sites for hydroxylation is 1. The van der Waals surface area contributed by atoms with Gasteiger partial charge in [0, 0.05) is 26.4 Å². The van der Waals surface area contributed by atoms with Gasteiger partial charge in [-0.05, 0) is 53.8 Å². The van der Waals surface area contributed by atoms with Crippen LogP contribution in [0.4, 0.5) is 11.5 Å². The number of pyridine rings is 1. The van der Waals surface area contributed by atoms with Gasteiger partial charge in [-0.2, -0.15) is 0 Å². The summed E-state index contributed by atoms with van der Waals surface area (Å²) in [4.78, 5) is 23.3. The van der Waals surface area contributed by atoms with Crippen molar-refractivity contribution in [3.05, 3.63) is 47.2 Å². The number of rotatable bonds is 9. The number of morpholine rings is 1. The third-order valence-electron chi connectivity index (χ3n) is 5.18. The summed E-state index contributed by atoms with van der Waals surface area (Å²) in [5, 5.41) is 2.84. The highest BCUT2D eigenvalue weighted by atomic mass is 16.7. The molecule has 172 valence electrons. The number of benzene rings is 1. The monoisotopic (exact) mass is 440 g/mol. The number of nitrogens with one attached hydrogen (secondary N) is 1. The SMILES string of the molecule is COCOc1cc(C)c(C=NCC(=O)Nc2ccc(N3CCOCC3)nc2)cc1C(C)C. The maximum Gasteiger partial charge on any atom is 0.246 e. The minimum atomic E-state index is -0.191. The van der Waals surface area contributed by atoms with Crippen LogP contribution in [-0.4, -0.2) is 63.9 Å². The number of amides is 1. The van der Waals surface area contributed by atoms with E-state index in [2.05, 4.69) is 40.1 Å². The molecule has 0 atom stereocenters. The summed E-state index contributed by atoms with van der Waals surface area (Å²) < 4.78 is 16.1. The van der Waals surface area contributed by atoms with E-state index in [9.17, 15) is 4.79 Å². The molecule has 32 heavy (non-hydrogen) atoms. The minimum Gasteiger partial charge on any atom is -0.467 e. The van der Waals surface area contributed by atoms with Crippen LogP contribution in [0.25, 0.3) is 0 Å². The van der Waals surface area contributed by atoms with Gasteiger partial charge in [0.15, 0.2) is 6.79 Å². The van der Waals surface area contributed by atoms with Crippen molar-refractivity contribution in [1.29, 1.82) is 0 Å². The van der Waals surface area contributed by atoms with Crippen molar-refractivity contribution in [2.45, 2.75) is 26.7 Å². The van der Waals surface area contributed by atoms with Crippen LogP contribution in [0.2, 0.25) is 0 Å². The van der Waals surface area contributed by atoms with E-state index >= 15 is 0 Å². The molecule has 1 aliphatic rings. The fourth-order valence-corrected chi connectivity index (χ4v) is 3.42. The molecule has 2 aromatic rings. The van der Waals surface area contributed by atoms with Gasteiger partial charge in [0.1, 0.15) is 18.1 Å². The number of ether oxygens (including phenoxy) is 3. The van der Waals surface area contributed by atoms with Crippen molar-refractivity contribution in [2.24, 2.45) is 4.99 Å². The van der Waals surface area contributed by atoms with Crippen LogP contribution < -0.4 is 15.0 Å². The first-order valence-corrected chi connectivity index (χ1v) is 10.8. The zero-order chi connectivity index (χ0) is 22.9. The van der Waals surface area contributed by atoms with Crippen LogP contribution in [0, 0.1) is 6.92 Å². The molecule has 1 amide bonds. The molecule has 0 saturated carbocycles. The zero-order valence-electron chi connectivity index (χ0n) is 19.3. The lowest BCUT2D eigenvalue weighted by Gasteiger charge is -2.27. The molecule has 0 aliphatic carbocycles. The Morgan fingerprint density at radius 1 is 1.31 bits per heavy atom. The first kappa shape index (κ1) is 23.7. The number of hydrogen-bond acceptors (Lipinski definition) is 7. The molecule has 0 bridgehead atoms. The molecular weight excluding hydrogens is 408 g/mol. The van der Waals surface area contributed by atoms with Gasteiger partial charge in [-0.3, -0.25) is 9.79 Å². The van der Waals surface area contributed by atoms with Gasteiger partial charge in [-0.1, -0.05) is 13.8 Å². The summed E-state index contributed by atoms with van der Waals surface area (Å²) in [6.45, 7) is 9.51. The van der Waals surface area contributed by atoms with Crippen LogP contribution in [-0.2, 0) is 14.3 Å². The predicted octanol–water partition coefficient (Wildman–Crippen LogP) is 3.39. The van der Waals surface area contributed by atoms with Crippen molar-refractivity contribution >= 4 is 23.6 Å². The fourth-order valence-electron chi connectivity index (χ4n) is 3.42. The lowest BCUT2D eigenvalue weighted by atomic mass is 9.97. The summed E-state index contributed by atoms with van der Waals surface area (Å²) >= 11 is 0. The first-order valence-electron chi connectivity index (χ1n) is 10.8. The number of aliphatic imine (C=N–C) groups is 1. The molecule has 0 radical (unpaired) electrons. The summed E-state index contributed by atoms with van der Waals surface area (Å²) in [5.41, 5.74) is 3.71. The number of anilines is 2. The largest absolute Gasteiger partial charge is 0.467 e. The number of carbonyl (C=O) groups excluding carboxylic acids is 1. The second-order valence-electron chi connectivity index (χ2n) is 7.97. The van der Waals surface area contributed by atoms with Gasteiger partial charge >= 0.3 is 0 Å². The fraction of sp³-hybridized carbons (Fsp3) is 0.458. The highest BCUT2D eigenvalue weighted by Gasteiger charge is 2.13. The molecule has 3 rings (SSSR count). The highest BCUT2D eigenvalue weighted by molar-refractivity contribution is 5.94. The molecular formula is C24H32N4O4. The van der Waals surface area contributed by atoms with E-state index in [0.29, 0.717) is 18.9 Å². The van der Waals surface area contributed by atoms with E-state index in [1.165, 1.54) is 0 Å². The lowest BCUT2D eigenvalue weighted by Crippen LogP contribution is -2.36. The summed E-state index contributed by atoms with van der Waals surface area (Å²) in [5.74, 6) is 1.79. The van der Waals surface area contributed by atoms with E-state index in [0.717, 1.165) is 41.3 Å². The molecule has 2 heterocycles. The first-order chi connectivity index (χ1) is 15.5. The van der Waals surface area contributed by atoms with Crippen LogP contribution in [0.3, 0.4) is 0 Å². The predicted molar refractivity (Wildman–Crippen MR) is 126 cm³/mol. The van der Waals surface area contributed by atoms with Crippen molar-refractivity contribution < 1.29 is 19.0 Å². The standard InChI is InChI=1S/C24H32N4O4/c1-17(2)21-12-19(18(3)11-22(21)32-16-30-4)13-25-15-24(29)27-20-5-6-23(26-14-20)28-7-9-31-10-8-28/h5-6,11-14,17H,7-10,15-16H2,1-4H3,(H,27,29). The van der Waals surface area contributed by atoms with Gasteiger partial charge in [0.2, 0.25) is 5.91 Å². The summed E-state index contributed by atoms with van der Waals surface area (Å²) in [7, 11) is 1.60. The third kappa shape index (κ3) is 6.51. The molecule has 8 nitrogen and oxygen atoms in total. The van der Waals surface area contributed by atoms with Crippen LogP contribution in [0.5, 0.6) is 5.75 Å². The number of aromatic nitrogens is 1. The lowest BCUT2D eigenvalue weighted by molar-refractivity contribution is -0.114. The molecule has 1 aromatic heterocycles. The molecule has 1 aromatic carbocycles. The number of nitrogens with zero attached hydrogens (tertiary/aromatic N) is 3. The normalized spacial score (nSPS) is 14.2. The average molecular weight is 441 g/mol. The van der Waals surface area contributed by atoms with Gasteiger partial charge < -0.3 is 24.4 Å². The average Bonchev–Trinajstić information content (AvgIpc) is 2.79. The van der Waals surface area contributed by atoms with E-state index in [-0.39, 0.29) is 25.2 Å². The van der Waals surface area contributed by atoms with Crippen molar-refractivity contribution in [2.75, 3.05) is 57.0 Å². The van der Waals surface area contributed by atoms with Gasteiger partial charge in [-0.15, -0.1) is 0 Å². The Hall–Kier alpha value is -2.97. The Morgan fingerprint density at radius 2 is 2.09 bits per heavy atom. The van der Waals surface area contributed by atoms with E-state index in [4.69, 9.17) is 14.2 Å². The maximum atomic E-state index is 12.3. The second-order valence-corrected chi connectivity index (χ2v) is 7.97. The Bertz CT molecular complexity index is 922. The molecule has 8 heteroatoms. The topological polar surface area (TPSA) is 85.3 Å². The zero-order valence-corrected chi connectivity index (χ0v) is 19.3. The summed E-state index contributed by atoms with van der Waals surface area (Å²) in [6, 6.07) is 7.81. The Morgan fingerprint density at radius 3 is 2.75 bits per heavy atom. The summed E-state index contributed by atoms with van der Waals surface area (Å²) in [6.07, 6.45) is 3.41. The van der Waals surface area contributed by atoms with Crippen LogP contribution >= 0.6 is 0 Å². The quantitative estimate of drug-likeness (QED) is 0.475. The second kappa shape index (κ2) is 11.6. The smallest absolute Gasteiger partial charge is 0.246 e. The maximum absolute atomic E-state index is 12.3. The van der Waals surface area contributed by atoms with Gasteiger partial charge in [0.25, 0.3) is 0 Å². The Balaban J connectivity index is 1.58. The molecule has 1 N–H and O–H groups in total. The number of hydrogen-bond donors (Lipinski definition) is 1. The molecule has 0 unspecified atom stereocenters. The Labute approximate surface area is 189 Å². The Kier molecular flexibility index (Phi) is 8.58. The van der Waals surface area contributed by atoms with Crippen molar-refractivity contribution in [3.63, 3.8) is 0 Å². The van der Waals surface area contributed by atoms with Crippen LogP contribution in [0.15, 0.2) is 35.5 Å². The molecule has 1 aliphatic heterocycles. The van der Waals surface area contributed by atoms with Crippen LogP contribution in [0.1, 0.15) is 36.5 Å². The van der Waals surface area contributed by atoms with E-state index in [1.807, 2.05) is 25.1 Å². The molecule has 1 fully saturated rings. The minimum absolute atomic E-state index is 0.0313. The van der Waals surface area contributed by atoms with Crippen molar-refractivity contribution in [3.8, 4) is 5.75 Å².